The molecule has 1 aliphatic heterocycles. The SMILES string of the molecule is CCOC(=O)C(CC)(CC)NC(=O)c1ccc(N2CC(OC)C2)c(OC[C@@H]2C[C@@H]2CO[Si](C)(C)C(C)(C)C)n1. The number of carbonyl (C=O) groups excluding carboxylic acids is 2. The summed E-state index contributed by atoms with van der Waals surface area (Å²) in [5.74, 6) is 0.468. The number of methoxy groups -OCH3 is 1. The predicted molar refractivity (Wildman–Crippen MR) is 155 cm³/mol. The molecule has 1 aromatic heterocycles. The van der Waals surface area contributed by atoms with Crippen LogP contribution in [0.25, 0.3) is 0 Å². The summed E-state index contributed by atoms with van der Waals surface area (Å²) < 4.78 is 23.4. The summed E-state index contributed by atoms with van der Waals surface area (Å²) in [5.41, 5.74) is -0.0397. The van der Waals surface area contributed by atoms with E-state index < -0.39 is 25.7 Å². The number of hydrogen-bond acceptors (Lipinski definition) is 8. The lowest BCUT2D eigenvalue weighted by Crippen LogP contribution is -2.54. The van der Waals surface area contributed by atoms with E-state index in [1.54, 1.807) is 20.1 Å². The number of aromatic nitrogens is 1. The molecule has 1 saturated heterocycles. The number of hydrogen-bond donors (Lipinski definition) is 1. The summed E-state index contributed by atoms with van der Waals surface area (Å²) in [6.45, 7) is 19.8. The Hall–Kier alpha value is -2.17. The van der Waals surface area contributed by atoms with Crippen molar-refractivity contribution >= 4 is 25.9 Å². The zero-order valence-electron chi connectivity index (χ0n) is 25.4. The van der Waals surface area contributed by atoms with Gasteiger partial charge in [-0.3, -0.25) is 4.79 Å². The van der Waals surface area contributed by atoms with E-state index in [1.807, 2.05) is 19.9 Å². The number of pyridine rings is 1. The number of nitrogens with one attached hydrogen (secondary N) is 1. The van der Waals surface area contributed by atoms with Crippen LogP contribution < -0.4 is 15.0 Å². The maximum atomic E-state index is 13.3. The molecule has 1 aliphatic carbocycles. The first-order valence-corrected chi connectivity index (χ1v) is 17.3. The second-order valence-corrected chi connectivity index (χ2v) is 17.2. The number of ether oxygens (including phenoxy) is 3. The zero-order chi connectivity index (χ0) is 29.0. The third kappa shape index (κ3) is 7.32. The maximum Gasteiger partial charge on any atom is 0.331 e. The molecule has 2 atom stereocenters. The number of rotatable bonds is 14. The van der Waals surface area contributed by atoms with Gasteiger partial charge in [-0.05, 0) is 68.3 Å². The van der Waals surface area contributed by atoms with Crippen LogP contribution in [0.3, 0.4) is 0 Å². The summed E-state index contributed by atoms with van der Waals surface area (Å²) in [7, 11) is -0.0747. The van der Waals surface area contributed by atoms with E-state index >= 15 is 0 Å². The standard InChI is InChI=1S/C29H49N3O6Si/c1-10-29(11-2,27(34)36-12-3)31-25(33)23-13-14-24(32-16-22(17-32)35-7)26(30-23)37-18-20-15-21(20)19-38-39(8,9)28(4,5)6/h13-14,20-22H,10-12,15-19H2,1-9H3,(H,31,33)/t20-,21+/m0/s1. The normalized spacial score (nSPS) is 19.9. The molecular formula is C29H49N3O6Si. The Morgan fingerprint density at radius 2 is 1.72 bits per heavy atom. The number of nitrogens with zero attached hydrogens (tertiary/aromatic N) is 2. The highest BCUT2D eigenvalue weighted by molar-refractivity contribution is 6.74. The highest BCUT2D eigenvalue weighted by Gasteiger charge is 2.43. The molecule has 1 saturated carbocycles. The van der Waals surface area contributed by atoms with Gasteiger partial charge in [0.25, 0.3) is 5.91 Å². The molecule has 10 heteroatoms. The molecule has 0 bridgehead atoms. The van der Waals surface area contributed by atoms with Gasteiger partial charge in [0.15, 0.2) is 8.32 Å². The number of anilines is 1. The number of amides is 1. The average molecular weight is 564 g/mol. The molecule has 0 aromatic carbocycles. The summed E-state index contributed by atoms with van der Waals surface area (Å²) >= 11 is 0. The van der Waals surface area contributed by atoms with Gasteiger partial charge >= 0.3 is 5.97 Å². The van der Waals surface area contributed by atoms with Crippen LogP contribution in [0.4, 0.5) is 5.69 Å². The van der Waals surface area contributed by atoms with Gasteiger partial charge in [-0.25, -0.2) is 9.78 Å². The molecule has 2 fully saturated rings. The van der Waals surface area contributed by atoms with Crippen LogP contribution in [0.15, 0.2) is 12.1 Å². The van der Waals surface area contributed by atoms with Crippen molar-refractivity contribution in [3.8, 4) is 5.88 Å². The van der Waals surface area contributed by atoms with Crippen LogP contribution in [0, 0.1) is 11.8 Å². The van der Waals surface area contributed by atoms with Crippen molar-refractivity contribution in [2.24, 2.45) is 11.8 Å². The highest BCUT2D eigenvalue weighted by atomic mass is 28.4. The fraction of sp³-hybridized carbons (Fsp3) is 0.759. The molecule has 2 heterocycles. The van der Waals surface area contributed by atoms with Gasteiger partial charge in [-0.2, -0.15) is 0 Å². The van der Waals surface area contributed by atoms with E-state index in [0.717, 1.165) is 31.8 Å². The number of carbonyl (C=O) groups is 2. The maximum absolute atomic E-state index is 13.3. The minimum absolute atomic E-state index is 0.167. The molecule has 220 valence electrons. The molecule has 0 radical (unpaired) electrons. The molecule has 1 amide bonds. The average Bonchev–Trinajstić information content (AvgIpc) is 3.62. The van der Waals surface area contributed by atoms with E-state index in [1.165, 1.54) is 0 Å². The van der Waals surface area contributed by atoms with Crippen LogP contribution in [0.2, 0.25) is 18.1 Å². The van der Waals surface area contributed by atoms with Crippen LogP contribution in [0.5, 0.6) is 5.88 Å². The third-order valence-electron chi connectivity index (χ3n) is 8.79. The largest absolute Gasteiger partial charge is 0.476 e. The minimum Gasteiger partial charge on any atom is -0.476 e. The Kier molecular flexibility index (Phi) is 10.1. The van der Waals surface area contributed by atoms with E-state index in [4.69, 9.17) is 18.6 Å². The Morgan fingerprint density at radius 1 is 1.08 bits per heavy atom. The van der Waals surface area contributed by atoms with Gasteiger partial charge in [0, 0.05) is 26.8 Å². The van der Waals surface area contributed by atoms with Crippen LogP contribution >= 0.6 is 0 Å². The summed E-state index contributed by atoms with van der Waals surface area (Å²) in [5, 5.41) is 3.09. The fourth-order valence-corrected chi connectivity index (χ4v) is 5.51. The predicted octanol–water partition coefficient (Wildman–Crippen LogP) is 4.81. The third-order valence-corrected chi connectivity index (χ3v) is 13.3. The highest BCUT2D eigenvalue weighted by Crippen LogP contribution is 2.43. The van der Waals surface area contributed by atoms with E-state index in [2.05, 4.69) is 49.1 Å². The first-order chi connectivity index (χ1) is 18.3. The molecular weight excluding hydrogens is 514 g/mol. The van der Waals surface area contributed by atoms with Crippen molar-refractivity contribution in [3.63, 3.8) is 0 Å². The van der Waals surface area contributed by atoms with Gasteiger partial charge in [-0.1, -0.05) is 34.6 Å². The summed E-state index contributed by atoms with van der Waals surface area (Å²) in [4.78, 5) is 32.7. The molecule has 1 aromatic rings. The second kappa shape index (κ2) is 12.6. The molecule has 2 aliphatic rings. The van der Waals surface area contributed by atoms with Crippen molar-refractivity contribution in [1.82, 2.24) is 10.3 Å². The topological polar surface area (TPSA) is 99.2 Å². The van der Waals surface area contributed by atoms with Gasteiger partial charge < -0.3 is 28.9 Å². The molecule has 0 unspecified atom stereocenters. The van der Waals surface area contributed by atoms with Crippen molar-refractivity contribution in [2.45, 2.75) is 90.6 Å². The molecule has 0 spiro atoms. The van der Waals surface area contributed by atoms with Gasteiger partial charge in [0.05, 0.1) is 19.3 Å². The van der Waals surface area contributed by atoms with Crippen molar-refractivity contribution in [2.75, 3.05) is 44.9 Å². The Labute approximate surface area is 235 Å². The first-order valence-electron chi connectivity index (χ1n) is 14.4. The Morgan fingerprint density at radius 3 is 2.28 bits per heavy atom. The van der Waals surface area contributed by atoms with Crippen LogP contribution in [-0.4, -0.2) is 76.8 Å². The molecule has 1 N–H and O–H groups in total. The van der Waals surface area contributed by atoms with E-state index in [9.17, 15) is 9.59 Å². The minimum atomic E-state index is -1.78. The van der Waals surface area contributed by atoms with Crippen molar-refractivity contribution in [3.05, 3.63) is 17.8 Å². The van der Waals surface area contributed by atoms with Crippen molar-refractivity contribution < 1.29 is 28.2 Å². The van der Waals surface area contributed by atoms with Crippen LogP contribution in [0.1, 0.15) is 71.3 Å². The lowest BCUT2D eigenvalue weighted by atomic mass is 9.92. The lowest BCUT2D eigenvalue weighted by Gasteiger charge is -2.40. The number of esters is 1. The Balaban J connectivity index is 1.71. The van der Waals surface area contributed by atoms with E-state index in [-0.39, 0.29) is 23.4 Å². The molecule has 39 heavy (non-hydrogen) atoms. The van der Waals surface area contributed by atoms with Crippen molar-refractivity contribution in [1.29, 1.82) is 0 Å². The van der Waals surface area contributed by atoms with E-state index in [0.29, 0.717) is 37.2 Å². The first kappa shape index (κ1) is 31.4. The summed E-state index contributed by atoms with van der Waals surface area (Å²) in [6.07, 6.45) is 2.07. The Bertz CT molecular complexity index is 1000. The van der Waals surface area contributed by atoms with Gasteiger partial charge in [0.1, 0.15) is 16.9 Å². The fourth-order valence-electron chi connectivity index (χ4n) is 4.44. The zero-order valence-corrected chi connectivity index (χ0v) is 26.4. The summed E-state index contributed by atoms with van der Waals surface area (Å²) in [6, 6.07) is 3.56. The monoisotopic (exact) mass is 563 g/mol. The quantitative estimate of drug-likeness (QED) is 0.254. The molecule has 9 nitrogen and oxygen atoms in total. The lowest BCUT2D eigenvalue weighted by molar-refractivity contribution is -0.151. The molecule has 3 rings (SSSR count). The second-order valence-electron chi connectivity index (χ2n) is 12.4. The van der Waals surface area contributed by atoms with Gasteiger partial charge in [-0.15, -0.1) is 0 Å². The smallest absolute Gasteiger partial charge is 0.331 e. The van der Waals surface area contributed by atoms with Gasteiger partial charge in [0.2, 0.25) is 5.88 Å². The van der Waals surface area contributed by atoms with Crippen LogP contribution in [-0.2, 0) is 18.7 Å².